The van der Waals surface area contributed by atoms with E-state index >= 15 is 0 Å². The maximum absolute atomic E-state index is 13.4. The van der Waals surface area contributed by atoms with Crippen LogP contribution in [-0.4, -0.2) is 12.9 Å². The molecule has 3 N–H and O–H groups in total. The molecular formula is C9H12FN3. The van der Waals surface area contributed by atoms with Crippen LogP contribution in [0.3, 0.4) is 0 Å². The lowest BCUT2D eigenvalue weighted by Crippen LogP contribution is -2.31. The molecule has 13 heavy (non-hydrogen) atoms. The van der Waals surface area contributed by atoms with Crippen molar-refractivity contribution < 1.29 is 4.39 Å². The summed E-state index contributed by atoms with van der Waals surface area (Å²) in [5.74, 6) is 5.24. The predicted octanol–water partition coefficient (Wildman–Crippen LogP) is 0.974. The van der Waals surface area contributed by atoms with E-state index < -0.39 is 0 Å². The van der Waals surface area contributed by atoms with Crippen molar-refractivity contribution in [3.63, 3.8) is 0 Å². The van der Waals surface area contributed by atoms with Gasteiger partial charge in [0, 0.05) is 7.05 Å². The third-order valence-corrected chi connectivity index (χ3v) is 1.81. The molecule has 3 nitrogen and oxygen atoms in total. The van der Waals surface area contributed by atoms with E-state index in [1.165, 1.54) is 0 Å². The Morgan fingerprint density at radius 2 is 2.23 bits per heavy atom. The van der Waals surface area contributed by atoms with Crippen molar-refractivity contribution in [1.82, 2.24) is 5.43 Å². The molecule has 1 rings (SSSR count). The number of hydrogen-bond acceptors (Lipinski definition) is 2. The SMILES string of the molecule is CN=C(NN)c1cccc(C)c1F. The summed E-state index contributed by atoms with van der Waals surface area (Å²) in [6, 6.07) is 5.09. The largest absolute Gasteiger partial charge is 0.308 e. The quantitative estimate of drug-likeness (QED) is 0.293. The first-order valence-electron chi connectivity index (χ1n) is 3.89. The van der Waals surface area contributed by atoms with Crippen LogP contribution in [0.15, 0.2) is 23.2 Å². The van der Waals surface area contributed by atoms with Crippen LogP contribution in [0.4, 0.5) is 4.39 Å². The highest BCUT2D eigenvalue weighted by molar-refractivity contribution is 5.98. The summed E-state index contributed by atoms with van der Waals surface area (Å²) >= 11 is 0. The standard InChI is InChI=1S/C9H12FN3/c1-6-4-3-5-7(8(6)10)9(12-2)13-11/h3-5H,11H2,1-2H3,(H,12,13). The average Bonchev–Trinajstić information content (AvgIpc) is 2.14. The predicted molar refractivity (Wildman–Crippen MR) is 50.9 cm³/mol. The lowest BCUT2D eigenvalue weighted by Gasteiger charge is -2.06. The molecule has 0 saturated heterocycles. The number of rotatable bonds is 1. The molecule has 0 saturated carbocycles. The monoisotopic (exact) mass is 181 g/mol. The van der Waals surface area contributed by atoms with Gasteiger partial charge in [-0.2, -0.15) is 0 Å². The first-order valence-corrected chi connectivity index (χ1v) is 3.89. The Kier molecular flexibility index (Phi) is 2.97. The van der Waals surface area contributed by atoms with Crippen molar-refractivity contribution in [3.05, 3.63) is 35.1 Å². The summed E-state index contributed by atoms with van der Waals surface area (Å²) in [6.45, 7) is 1.70. The van der Waals surface area contributed by atoms with E-state index in [9.17, 15) is 4.39 Å². The number of nitrogens with two attached hydrogens (primary N) is 1. The van der Waals surface area contributed by atoms with Crippen molar-refractivity contribution >= 4 is 5.84 Å². The summed E-state index contributed by atoms with van der Waals surface area (Å²) in [5, 5.41) is 0. The van der Waals surface area contributed by atoms with Crippen molar-refractivity contribution in [2.45, 2.75) is 6.92 Å². The third kappa shape index (κ3) is 1.84. The van der Waals surface area contributed by atoms with E-state index in [0.717, 1.165) is 0 Å². The number of aryl methyl sites for hydroxylation is 1. The molecule has 70 valence electrons. The molecule has 0 unspecified atom stereocenters. The molecule has 0 bridgehead atoms. The van der Waals surface area contributed by atoms with Crippen molar-refractivity contribution in [1.29, 1.82) is 0 Å². The van der Waals surface area contributed by atoms with Gasteiger partial charge in [-0.05, 0) is 18.6 Å². The number of amidine groups is 1. The Hall–Kier alpha value is -1.42. The van der Waals surface area contributed by atoms with E-state index in [-0.39, 0.29) is 5.82 Å². The van der Waals surface area contributed by atoms with Crippen molar-refractivity contribution in [2.24, 2.45) is 10.8 Å². The average molecular weight is 181 g/mol. The summed E-state index contributed by atoms with van der Waals surface area (Å²) in [7, 11) is 1.55. The van der Waals surface area contributed by atoms with E-state index in [1.807, 2.05) is 0 Å². The second-order valence-corrected chi connectivity index (χ2v) is 2.65. The second-order valence-electron chi connectivity index (χ2n) is 2.65. The molecule has 0 radical (unpaired) electrons. The fourth-order valence-electron chi connectivity index (χ4n) is 1.09. The normalized spacial score (nSPS) is 11.5. The molecule has 0 heterocycles. The first-order chi connectivity index (χ1) is 6.20. The Labute approximate surface area is 76.4 Å². The minimum Gasteiger partial charge on any atom is -0.308 e. The Morgan fingerprint density at radius 3 is 2.77 bits per heavy atom. The lowest BCUT2D eigenvalue weighted by molar-refractivity contribution is 0.614. The van der Waals surface area contributed by atoms with E-state index in [2.05, 4.69) is 10.4 Å². The van der Waals surface area contributed by atoms with Gasteiger partial charge in [0.2, 0.25) is 0 Å². The smallest absolute Gasteiger partial charge is 0.145 e. The topological polar surface area (TPSA) is 50.4 Å². The van der Waals surface area contributed by atoms with Gasteiger partial charge in [0.05, 0.1) is 5.56 Å². The lowest BCUT2D eigenvalue weighted by atomic mass is 10.1. The molecule has 0 aromatic heterocycles. The van der Waals surface area contributed by atoms with Gasteiger partial charge in [-0.25, -0.2) is 10.2 Å². The van der Waals surface area contributed by atoms with Crippen LogP contribution in [-0.2, 0) is 0 Å². The van der Waals surface area contributed by atoms with Gasteiger partial charge in [0.25, 0.3) is 0 Å². The third-order valence-electron chi connectivity index (χ3n) is 1.81. The number of hydrogen-bond donors (Lipinski definition) is 2. The minimum atomic E-state index is -0.291. The zero-order valence-electron chi connectivity index (χ0n) is 7.63. The summed E-state index contributed by atoms with van der Waals surface area (Å²) in [4.78, 5) is 3.82. The van der Waals surface area contributed by atoms with E-state index in [4.69, 9.17) is 5.84 Å². The highest BCUT2D eigenvalue weighted by atomic mass is 19.1. The van der Waals surface area contributed by atoms with Gasteiger partial charge in [-0.3, -0.25) is 4.99 Å². The zero-order valence-corrected chi connectivity index (χ0v) is 7.63. The Bertz CT molecular complexity index is 334. The zero-order chi connectivity index (χ0) is 9.84. The fraction of sp³-hybridized carbons (Fsp3) is 0.222. The van der Waals surface area contributed by atoms with Crippen LogP contribution in [0.2, 0.25) is 0 Å². The molecule has 0 aliphatic rings. The van der Waals surface area contributed by atoms with Crippen molar-refractivity contribution in [3.8, 4) is 0 Å². The van der Waals surface area contributed by atoms with Gasteiger partial charge in [0.15, 0.2) is 0 Å². The molecule has 0 atom stereocenters. The fourth-order valence-corrected chi connectivity index (χ4v) is 1.09. The molecule has 0 aliphatic carbocycles. The molecule has 0 amide bonds. The van der Waals surface area contributed by atoms with E-state index in [1.54, 1.807) is 32.2 Å². The molecular weight excluding hydrogens is 169 g/mol. The van der Waals surface area contributed by atoms with Crippen LogP contribution in [0.25, 0.3) is 0 Å². The number of benzene rings is 1. The number of aliphatic imine (C=N–C) groups is 1. The molecule has 0 fully saturated rings. The van der Waals surface area contributed by atoms with Gasteiger partial charge in [-0.15, -0.1) is 0 Å². The van der Waals surface area contributed by atoms with Gasteiger partial charge < -0.3 is 5.43 Å². The Balaban J connectivity index is 3.22. The molecule has 1 aromatic rings. The first kappa shape index (κ1) is 9.67. The van der Waals surface area contributed by atoms with Gasteiger partial charge in [-0.1, -0.05) is 12.1 Å². The van der Waals surface area contributed by atoms with Crippen LogP contribution < -0.4 is 11.3 Å². The number of nitrogens with one attached hydrogen (secondary N) is 1. The summed E-state index contributed by atoms with van der Waals surface area (Å²) in [5.41, 5.74) is 3.32. The van der Waals surface area contributed by atoms with Crippen molar-refractivity contribution in [2.75, 3.05) is 7.05 Å². The summed E-state index contributed by atoms with van der Waals surface area (Å²) < 4.78 is 13.4. The number of hydrazine groups is 1. The Morgan fingerprint density at radius 1 is 1.54 bits per heavy atom. The minimum absolute atomic E-state index is 0.291. The maximum Gasteiger partial charge on any atom is 0.145 e. The van der Waals surface area contributed by atoms with Crippen LogP contribution in [0, 0.1) is 12.7 Å². The van der Waals surface area contributed by atoms with E-state index in [0.29, 0.717) is 17.0 Å². The number of halogens is 1. The van der Waals surface area contributed by atoms with Gasteiger partial charge >= 0.3 is 0 Å². The molecule has 0 aliphatic heterocycles. The van der Waals surface area contributed by atoms with Crippen LogP contribution in [0.5, 0.6) is 0 Å². The maximum atomic E-state index is 13.4. The molecule has 0 spiro atoms. The second kappa shape index (κ2) is 4.00. The van der Waals surface area contributed by atoms with Crippen LogP contribution >= 0.6 is 0 Å². The highest BCUT2D eigenvalue weighted by Crippen LogP contribution is 2.11. The van der Waals surface area contributed by atoms with Crippen LogP contribution in [0.1, 0.15) is 11.1 Å². The summed E-state index contributed by atoms with van der Waals surface area (Å²) in [6.07, 6.45) is 0. The van der Waals surface area contributed by atoms with Gasteiger partial charge in [0.1, 0.15) is 11.7 Å². The number of nitrogens with zero attached hydrogens (tertiary/aromatic N) is 1. The highest BCUT2D eigenvalue weighted by Gasteiger charge is 2.08. The molecule has 1 aromatic carbocycles. The molecule has 4 heteroatoms.